The van der Waals surface area contributed by atoms with Crippen molar-refractivity contribution >= 4 is 0 Å². The molecular formula is C12H24O2. The first kappa shape index (κ1) is 12.0. The van der Waals surface area contributed by atoms with Gasteiger partial charge in [0.1, 0.15) is 6.10 Å². The Morgan fingerprint density at radius 1 is 0.929 bits per heavy atom. The minimum atomic E-state index is 0.176. The van der Waals surface area contributed by atoms with Gasteiger partial charge in [-0.1, -0.05) is 51.9 Å². The highest BCUT2D eigenvalue weighted by Crippen LogP contribution is 2.26. The maximum Gasteiger partial charge on any atom is 0.107 e. The largest absolute Gasteiger partial charge is 0.394 e. The monoisotopic (exact) mass is 200 g/mol. The highest BCUT2D eigenvalue weighted by Gasteiger charge is 2.36. The van der Waals surface area contributed by atoms with Gasteiger partial charge < -0.3 is 9.84 Å². The number of unbranched alkanes of at least 4 members (excludes halogenated alkanes) is 6. The lowest BCUT2D eigenvalue weighted by Crippen LogP contribution is -1.98. The number of hydrogen-bond acceptors (Lipinski definition) is 2. The second kappa shape index (κ2) is 7.24. The molecule has 1 heterocycles. The molecule has 1 rings (SSSR count). The lowest BCUT2D eigenvalue weighted by atomic mass is 10.1. The Kier molecular flexibility index (Phi) is 6.20. The van der Waals surface area contributed by atoms with Crippen molar-refractivity contribution < 1.29 is 9.84 Å². The van der Waals surface area contributed by atoms with Crippen molar-refractivity contribution in [2.24, 2.45) is 0 Å². The minimum absolute atomic E-state index is 0.176. The average molecular weight is 200 g/mol. The first-order chi connectivity index (χ1) is 6.88. The maximum absolute atomic E-state index is 8.75. The molecule has 14 heavy (non-hydrogen) atoms. The minimum Gasteiger partial charge on any atom is -0.394 e. The van der Waals surface area contributed by atoms with E-state index in [4.69, 9.17) is 9.84 Å². The average Bonchev–Trinajstić information content (AvgIpc) is 2.95. The Balaban J connectivity index is 1.73. The molecule has 0 bridgehead atoms. The number of ether oxygens (including phenoxy) is 1. The van der Waals surface area contributed by atoms with Gasteiger partial charge in [-0.3, -0.25) is 0 Å². The fourth-order valence-electron chi connectivity index (χ4n) is 1.90. The standard InChI is InChI=1S/C12H24O2/c1-2-3-4-5-6-7-8-9-11-12(10-13)14-11/h11-13H,2-10H2,1H3. The number of hydrogen-bond donors (Lipinski definition) is 1. The van der Waals surface area contributed by atoms with Crippen LogP contribution in [-0.4, -0.2) is 23.9 Å². The van der Waals surface area contributed by atoms with Gasteiger partial charge >= 0.3 is 0 Å². The molecule has 0 aromatic heterocycles. The molecule has 84 valence electrons. The third kappa shape index (κ3) is 4.97. The van der Waals surface area contributed by atoms with E-state index in [1.54, 1.807) is 0 Å². The summed E-state index contributed by atoms with van der Waals surface area (Å²) in [5, 5.41) is 8.75. The zero-order valence-corrected chi connectivity index (χ0v) is 9.37. The summed E-state index contributed by atoms with van der Waals surface area (Å²) in [6.07, 6.45) is 11.2. The van der Waals surface area contributed by atoms with Gasteiger partial charge in [-0.15, -0.1) is 0 Å². The van der Waals surface area contributed by atoms with Crippen LogP contribution in [0.2, 0.25) is 0 Å². The Labute approximate surface area is 87.7 Å². The number of aliphatic hydroxyl groups excluding tert-OH is 1. The van der Waals surface area contributed by atoms with Gasteiger partial charge in [0.05, 0.1) is 12.7 Å². The molecule has 1 saturated heterocycles. The molecule has 1 fully saturated rings. The molecule has 1 aliphatic rings. The van der Waals surface area contributed by atoms with Gasteiger partial charge in [-0.25, -0.2) is 0 Å². The summed E-state index contributed by atoms with van der Waals surface area (Å²) in [5.74, 6) is 0. The van der Waals surface area contributed by atoms with E-state index in [0.717, 1.165) is 6.42 Å². The highest BCUT2D eigenvalue weighted by atomic mass is 16.6. The van der Waals surface area contributed by atoms with Crippen LogP contribution in [0.3, 0.4) is 0 Å². The zero-order valence-electron chi connectivity index (χ0n) is 9.37. The predicted octanol–water partition coefficient (Wildman–Crippen LogP) is 2.89. The topological polar surface area (TPSA) is 32.8 Å². The molecule has 2 unspecified atom stereocenters. The van der Waals surface area contributed by atoms with Crippen molar-refractivity contribution in [2.75, 3.05) is 6.61 Å². The molecule has 1 N–H and O–H groups in total. The molecule has 0 spiro atoms. The van der Waals surface area contributed by atoms with Gasteiger partial charge in [0.15, 0.2) is 0 Å². The summed E-state index contributed by atoms with van der Waals surface area (Å²) in [6, 6.07) is 0. The molecule has 2 heteroatoms. The predicted molar refractivity (Wildman–Crippen MR) is 58.4 cm³/mol. The summed E-state index contributed by atoms with van der Waals surface area (Å²) in [7, 11) is 0. The molecule has 0 aliphatic carbocycles. The molecule has 1 aliphatic heterocycles. The summed E-state index contributed by atoms with van der Waals surface area (Å²) >= 11 is 0. The molecule has 0 aromatic carbocycles. The van der Waals surface area contributed by atoms with Gasteiger partial charge in [-0.2, -0.15) is 0 Å². The van der Waals surface area contributed by atoms with E-state index in [-0.39, 0.29) is 12.7 Å². The van der Waals surface area contributed by atoms with E-state index in [0.29, 0.717) is 6.10 Å². The van der Waals surface area contributed by atoms with Gasteiger partial charge in [0, 0.05) is 0 Å². The molecule has 0 saturated carbocycles. The van der Waals surface area contributed by atoms with Crippen LogP contribution in [0.25, 0.3) is 0 Å². The number of epoxide rings is 1. The first-order valence-corrected chi connectivity index (χ1v) is 6.14. The second-order valence-electron chi connectivity index (χ2n) is 4.31. The molecular weight excluding hydrogens is 176 g/mol. The first-order valence-electron chi connectivity index (χ1n) is 6.14. The molecule has 0 aromatic rings. The van der Waals surface area contributed by atoms with Crippen molar-refractivity contribution in [3.63, 3.8) is 0 Å². The Morgan fingerprint density at radius 3 is 2.14 bits per heavy atom. The lowest BCUT2D eigenvalue weighted by Gasteiger charge is -1.99. The van der Waals surface area contributed by atoms with Crippen molar-refractivity contribution in [1.82, 2.24) is 0 Å². The van der Waals surface area contributed by atoms with Crippen LogP contribution in [0.4, 0.5) is 0 Å². The normalized spacial score (nSPS) is 25.3. The van der Waals surface area contributed by atoms with Crippen molar-refractivity contribution in [2.45, 2.75) is 70.5 Å². The smallest absolute Gasteiger partial charge is 0.107 e. The van der Waals surface area contributed by atoms with Gasteiger partial charge in [0.2, 0.25) is 0 Å². The van der Waals surface area contributed by atoms with E-state index in [1.165, 1.54) is 44.9 Å². The molecule has 0 amide bonds. The quantitative estimate of drug-likeness (QED) is 0.458. The molecule has 0 radical (unpaired) electrons. The fraction of sp³-hybridized carbons (Fsp3) is 1.00. The summed E-state index contributed by atoms with van der Waals surface area (Å²) in [6.45, 7) is 2.46. The van der Waals surface area contributed by atoms with Crippen LogP contribution in [0.1, 0.15) is 58.3 Å². The second-order valence-corrected chi connectivity index (χ2v) is 4.31. The third-order valence-electron chi connectivity index (χ3n) is 2.96. The van der Waals surface area contributed by atoms with E-state index in [9.17, 15) is 0 Å². The Morgan fingerprint density at radius 2 is 1.57 bits per heavy atom. The van der Waals surface area contributed by atoms with Crippen LogP contribution in [0.15, 0.2) is 0 Å². The van der Waals surface area contributed by atoms with E-state index >= 15 is 0 Å². The fourth-order valence-corrected chi connectivity index (χ4v) is 1.90. The lowest BCUT2D eigenvalue weighted by molar-refractivity contribution is 0.241. The van der Waals surface area contributed by atoms with Crippen LogP contribution in [0.5, 0.6) is 0 Å². The maximum atomic E-state index is 8.75. The van der Waals surface area contributed by atoms with Crippen molar-refractivity contribution in [3.8, 4) is 0 Å². The van der Waals surface area contributed by atoms with E-state index in [2.05, 4.69) is 6.92 Å². The van der Waals surface area contributed by atoms with Crippen molar-refractivity contribution in [3.05, 3.63) is 0 Å². The molecule has 2 nitrogen and oxygen atoms in total. The summed E-state index contributed by atoms with van der Waals surface area (Å²) < 4.78 is 5.26. The summed E-state index contributed by atoms with van der Waals surface area (Å²) in [5.41, 5.74) is 0. The third-order valence-corrected chi connectivity index (χ3v) is 2.96. The van der Waals surface area contributed by atoms with E-state index < -0.39 is 0 Å². The Hall–Kier alpha value is -0.0800. The van der Waals surface area contributed by atoms with Crippen LogP contribution in [0, 0.1) is 0 Å². The number of aliphatic hydroxyl groups is 1. The highest BCUT2D eigenvalue weighted by molar-refractivity contribution is 4.83. The summed E-state index contributed by atoms with van der Waals surface area (Å²) in [4.78, 5) is 0. The van der Waals surface area contributed by atoms with Gasteiger partial charge in [-0.05, 0) is 6.42 Å². The van der Waals surface area contributed by atoms with E-state index in [1.807, 2.05) is 0 Å². The zero-order chi connectivity index (χ0) is 10.2. The SMILES string of the molecule is CCCCCCCCCC1OC1CO. The van der Waals surface area contributed by atoms with Crippen LogP contribution >= 0.6 is 0 Å². The molecule has 2 atom stereocenters. The van der Waals surface area contributed by atoms with Crippen molar-refractivity contribution in [1.29, 1.82) is 0 Å². The van der Waals surface area contributed by atoms with Gasteiger partial charge in [0.25, 0.3) is 0 Å². The van der Waals surface area contributed by atoms with Crippen LogP contribution in [-0.2, 0) is 4.74 Å². The number of rotatable bonds is 9. The Bertz CT molecular complexity index is 136. The van der Waals surface area contributed by atoms with Crippen LogP contribution < -0.4 is 0 Å².